The molecular weight excluding hydrogens is 340 g/mol. The number of carbonyl (C=O) groups is 2. The normalized spacial score (nSPS) is 12.8. The van der Waals surface area contributed by atoms with Crippen molar-refractivity contribution in [2.24, 2.45) is 5.41 Å². The van der Waals surface area contributed by atoms with Gasteiger partial charge >= 0.3 is 5.97 Å². The highest BCUT2D eigenvalue weighted by atomic mass is 79.9. The number of rotatable bonds is 5. The SMILES string of the molecule is CC(C)(C)C(CC(=O)O)NC(=O)Cn1cc(Br)ccc1=O. The van der Waals surface area contributed by atoms with Crippen molar-refractivity contribution in [1.82, 2.24) is 9.88 Å². The van der Waals surface area contributed by atoms with Gasteiger partial charge in [-0.15, -0.1) is 0 Å². The molecule has 1 heterocycles. The first-order chi connectivity index (χ1) is 9.59. The predicted octanol–water partition coefficient (Wildman–Crippen LogP) is 1.62. The summed E-state index contributed by atoms with van der Waals surface area (Å²) in [7, 11) is 0. The van der Waals surface area contributed by atoms with E-state index in [1.165, 1.54) is 16.8 Å². The van der Waals surface area contributed by atoms with Crippen LogP contribution >= 0.6 is 15.9 Å². The summed E-state index contributed by atoms with van der Waals surface area (Å²) in [5, 5.41) is 11.6. The Kier molecular flexibility index (Phi) is 5.71. The van der Waals surface area contributed by atoms with Crippen molar-refractivity contribution >= 4 is 27.8 Å². The summed E-state index contributed by atoms with van der Waals surface area (Å²) in [6.45, 7) is 5.41. The summed E-state index contributed by atoms with van der Waals surface area (Å²) in [4.78, 5) is 34.6. The first-order valence-corrected chi connectivity index (χ1v) is 7.26. The van der Waals surface area contributed by atoms with E-state index in [-0.39, 0.29) is 18.5 Å². The number of nitrogens with one attached hydrogen (secondary N) is 1. The second-order valence-electron chi connectivity index (χ2n) is 5.90. The molecule has 0 aromatic carbocycles. The fourth-order valence-electron chi connectivity index (χ4n) is 1.77. The molecule has 0 aliphatic heterocycles. The van der Waals surface area contributed by atoms with Crippen LogP contribution in [-0.2, 0) is 16.1 Å². The molecule has 7 heteroatoms. The van der Waals surface area contributed by atoms with Gasteiger partial charge in [-0.2, -0.15) is 0 Å². The molecule has 0 aliphatic carbocycles. The monoisotopic (exact) mass is 358 g/mol. The number of pyridine rings is 1. The predicted molar refractivity (Wildman–Crippen MR) is 82.0 cm³/mol. The largest absolute Gasteiger partial charge is 0.481 e. The fraction of sp³-hybridized carbons (Fsp3) is 0.500. The zero-order chi connectivity index (χ0) is 16.2. The standard InChI is InChI=1S/C14H19BrN2O4/c1-14(2,3)10(6-13(20)21)16-11(18)8-17-7-9(15)4-5-12(17)19/h4-5,7,10H,6,8H2,1-3H3,(H,16,18)(H,20,21). The Balaban J connectivity index is 2.81. The van der Waals surface area contributed by atoms with E-state index in [1.54, 1.807) is 6.07 Å². The van der Waals surface area contributed by atoms with E-state index in [9.17, 15) is 14.4 Å². The molecule has 1 unspecified atom stereocenters. The minimum absolute atomic E-state index is 0.148. The van der Waals surface area contributed by atoms with Crippen molar-refractivity contribution in [3.05, 3.63) is 33.2 Å². The summed E-state index contributed by atoms with van der Waals surface area (Å²) < 4.78 is 1.95. The molecule has 0 spiro atoms. The quantitative estimate of drug-likeness (QED) is 0.836. The highest BCUT2D eigenvalue weighted by Gasteiger charge is 2.28. The molecular formula is C14H19BrN2O4. The molecule has 21 heavy (non-hydrogen) atoms. The Labute approximate surface area is 131 Å². The van der Waals surface area contributed by atoms with E-state index in [0.29, 0.717) is 4.47 Å². The van der Waals surface area contributed by atoms with Gasteiger partial charge in [0.15, 0.2) is 0 Å². The molecule has 0 saturated carbocycles. The zero-order valence-electron chi connectivity index (χ0n) is 12.2. The first-order valence-electron chi connectivity index (χ1n) is 6.47. The van der Waals surface area contributed by atoms with Crippen LogP contribution in [0.1, 0.15) is 27.2 Å². The number of hydrogen-bond acceptors (Lipinski definition) is 3. The Morgan fingerprint density at radius 3 is 2.52 bits per heavy atom. The third-order valence-corrected chi connectivity index (χ3v) is 3.49. The lowest BCUT2D eigenvalue weighted by Gasteiger charge is -2.30. The van der Waals surface area contributed by atoms with E-state index < -0.39 is 23.3 Å². The highest BCUT2D eigenvalue weighted by molar-refractivity contribution is 9.10. The van der Waals surface area contributed by atoms with E-state index in [2.05, 4.69) is 21.2 Å². The summed E-state index contributed by atoms with van der Waals surface area (Å²) in [6, 6.07) is 2.44. The van der Waals surface area contributed by atoms with Gasteiger partial charge in [0, 0.05) is 22.8 Å². The molecule has 1 aromatic rings. The van der Waals surface area contributed by atoms with Gasteiger partial charge in [0.05, 0.1) is 6.42 Å². The van der Waals surface area contributed by atoms with E-state index in [4.69, 9.17) is 5.11 Å². The average Bonchev–Trinajstić information content (AvgIpc) is 2.31. The summed E-state index contributed by atoms with van der Waals surface area (Å²) >= 11 is 3.23. The van der Waals surface area contributed by atoms with Crippen LogP contribution in [0.4, 0.5) is 0 Å². The number of aromatic nitrogens is 1. The summed E-state index contributed by atoms with van der Waals surface area (Å²) in [6.07, 6.45) is 1.35. The van der Waals surface area contributed by atoms with Gasteiger partial charge in [0.1, 0.15) is 6.54 Å². The first kappa shape index (κ1) is 17.4. The minimum atomic E-state index is -0.977. The van der Waals surface area contributed by atoms with Gasteiger partial charge in [-0.05, 0) is 27.4 Å². The Morgan fingerprint density at radius 1 is 1.38 bits per heavy atom. The molecule has 2 N–H and O–H groups in total. The fourth-order valence-corrected chi connectivity index (χ4v) is 2.15. The smallest absolute Gasteiger partial charge is 0.305 e. The van der Waals surface area contributed by atoms with E-state index in [1.807, 2.05) is 20.8 Å². The van der Waals surface area contributed by atoms with Crippen molar-refractivity contribution in [1.29, 1.82) is 0 Å². The number of hydrogen-bond donors (Lipinski definition) is 2. The topological polar surface area (TPSA) is 88.4 Å². The van der Waals surface area contributed by atoms with Crippen molar-refractivity contribution in [3.8, 4) is 0 Å². The maximum absolute atomic E-state index is 12.0. The van der Waals surface area contributed by atoms with Crippen LogP contribution in [-0.4, -0.2) is 27.6 Å². The van der Waals surface area contributed by atoms with Crippen molar-refractivity contribution in [2.75, 3.05) is 0 Å². The maximum atomic E-state index is 12.0. The third-order valence-electron chi connectivity index (χ3n) is 3.02. The second-order valence-corrected chi connectivity index (χ2v) is 6.81. The van der Waals surface area contributed by atoms with E-state index in [0.717, 1.165) is 0 Å². The molecule has 0 radical (unpaired) electrons. The molecule has 1 rings (SSSR count). The number of aliphatic carboxylic acids is 1. The summed E-state index contributed by atoms with van der Waals surface area (Å²) in [5.74, 6) is -1.37. The minimum Gasteiger partial charge on any atom is -0.481 e. The van der Waals surface area contributed by atoms with Gasteiger partial charge in [-0.25, -0.2) is 0 Å². The van der Waals surface area contributed by atoms with Crippen LogP contribution in [0.2, 0.25) is 0 Å². The third kappa shape index (κ3) is 5.71. The molecule has 0 saturated heterocycles. The van der Waals surface area contributed by atoms with Gasteiger partial charge < -0.3 is 15.0 Å². The molecule has 6 nitrogen and oxygen atoms in total. The molecule has 1 atom stereocenters. The summed E-state index contributed by atoms with van der Waals surface area (Å²) in [5.41, 5.74) is -0.685. The van der Waals surface area contributed by atoms with Crippen LogP contribution in [0.3, 0.4) is 0 Å². The Bertz CT molecular complexity index is 589. The molecule has 116 valence electrons. The van der Waals surface area contributed by atoms with Crippen molar-refractivity contribution in [2.45, 2.75) is 39.8 Å². The van der Waals surface area contributed by atoms with Gasteiger partial charge in [-0.1, -0.05) is 20.8 Å². The lowest BCUT2D eigenvalue weighted by atomic mass is 9.84. The molecule has 0 aliphatic rings. The van der Waals surface area contributed by atoms with Gasteiger partial charge in [0.25, 0.3) is 5.56 Å². The van der Waals surface area contributed by atoms with Gasteiger partial charge in [0.2, 0.25) is 5.91 Å². The van der Waals surface area contributed by atoms with Crippen LogP contribution < -0.4 is 10.9 Å². The number of carbonyl (C=O) groups excluding carboxylic acids is 1. The highest BCUT2D eigenvalue weighted by Crippen LogP contribution is 2.21. The number of halogens is 1. The van der Waals surface area contributed by atoms with E-state index >= 15 is 0 Å². The van der Waals surface area contributed by atoms with Crippen LogP contribution in [0.15, 0.2) is 27.6 Å². The van der Waals surface area contributed by atoms with Crippen LogP contribution in [0, 0.1) is 5.41 Å². The molecule has 1 aromatic heterocycles. The van der Waals surface area contributed by atoms with Crippen LogP contribution in [0.5, 0.6) is 0 Å². The number of nitrogens with zero attached hydrogens (tertiary/aromatic N) is 1. The van der Waals surface area contributed by atoms with Crippen molar-refractivity contribution < 1.29 is 14.7 Å². The average molecular weight is 359 g/mol. The Hall–Kier alpha value is -1.63. The van der Waals surface area contributed by atoms with Gasteiger partial charge in [-0.3, -0.25) is 14.4 Å². The molecule has 0 bridgehead atoms. The molecule has 1 amide bonds. The number of amides is 1. The number of carboxylic acid groups (broad SMARTS) is 1. The zero-order valence-corrected chi connectivity index (χ0v) is 13.8. The molecule has 0 fully saturated rings. The maximum Gasteiger partial charge on any atom is 0.305 e. The lowest BCUT2D eigenvalue weighted by molar-refractivity contribution is -0.138. The van der Waals surface area contributed by atoms with Crippen molar-refractivity contribution in [3.63, 3.8) is 0 Å². The van der Waals surface area contributed by atoms with Crippen LogP contribution in [0.25, 0.3) is 0 Å². The Morgan fingerprint density at radius 2 is 2.00 bits per heavy atom. The second kappa shape index (κ2) is 6.89. The number of carboxylic acids is 1. The lowest BCUT2D eigenvalue weighted by Crippen LogP contribution is -2.46.